The lowest BCUT2D eigenvalue weighted by Gasteiger charge is -2.16. The van der Waals surface area contributed by atoms with Gasteiger partial charge in [0.05, 0.1) is 5.69 Å². The van der Waals surface area contributed by atoms with E-state index >= 15 is 0 Å². The molecule has 0 fully saturated rings. The molecule has 34 heavy (non-hydrogen) atoms. The highest BCUT2D eigenvalue weighted by Crippen LogP contribution is 2.28. The third kappa shape index (κ3) is 5.54. The van der Waals surface area contributed by atoms with Crippen molar-refractivity contribution in [2.24, 2.45) is 0 Å². The fourth-order valence-electron chi connectivity index (χ4n) is 3.76. The summed E-state index contributed by atoms with van der Waals surface area (Å²) in [6.45, 7) is 2.77. The van der Waals surface area contributed by atoms with Gasteiger partial charge in [0.25, 0.3) is 5.91 Å². The minimum absolute atomic E-state index is 0.00775. The highest BCUT2D eigenvalue weighted by molar-refractivity contribution is 7.98. The van der Waals surface area contributed by atoms with Crippen molar-refractivity contribution in [1.29, 1.82) is 0 Å². The summed E-state index contributed by atoms with van der Waals surface area (Å²) < 4.78 is 16.6. The van der Waals surface area contributed by atoms with Gasteiger partial charge in [0.1, 0.15) is 11.6 Å². The number of carbonyl (C=O) groups excluding carboxylic acids is 1. The number of hydrogen-bond donors (Lipinski definition) is 0. The molecular formula is C27H27FN4OS. The molecule has 0 atom stereocenters. The van der Waals surface area contributed by atoms with E-state index in [1.54, 1.807) is 27.7 Å². The molecule has 7 heteroatoms. The number of benzene rings is 3. The molecule has 0 aliphatic heterocycles. The van der Waals surface area contributed by atoms with Crippen LogP contribution >= 0.6 is 11.8 Å². The van der Waals surface area contributed by atoms with E-state index in [2.05, 4.69) is 17.1 Å². The van der Waals surface area contributed by atoms with Crippen LogP contribution in [0.2, 0.25) is 0 Å². The molecule has 4 rings (SSSR count). The monoisotopic (exact) mass is 474 g/mol. The Balaban J connectivity index is 1.60. The maximum absolute atomic E-state index is 14.8. The summed E-state index contributed by atoms with van der Waals surface area (Å²) in [7, 11) is 1.82. The van der Waals surface area contributed by atoms with Crippen LogP contribution in [0.3, 0.4) is 0 Å². The zero-order valence-electron chi connectivity index (χ0n) is 19.3. The van der Waals surface area contributed by atoms with Crippen molar-refractivity contribution < 1.29 is 9.18 Å². The summed E-state index contributed by atoms with van der Waals surface area (Å²) in [4.78, 5) is 14.4. The van der Waals surface area contributed by atoms with Crippen molar-refractivity contribution in [3.05, 3.63) is 107 Å². The molecule has 0 aliphatic rings. The topological polar surface area (TPSA) is 51.0 Å². The normalized spacial score (nSPS) is 10.9. The first-order valence-electron chi connectivity index (χ1n) is 11.3. The molecule has 0 bridgehead atoms. The second-order valence-corrected chi connectivity index (χ2v) is 9.01. The Morgan fingerprint density at radius 1 is 0.971 bits per heavy atom. The third-order valence-corrected chi connectivity index (χ3v) is 6.45. The van der Waals surface area contributed by atoms with Gasteiger partial charge in [0.2, 0.25) is 0 Å². The van der Waals surface area contributed by atoms with Gasteiger partial charge in [-0.25, -0.2) is 4.39 Å². The largest absolute Gasteiger partial charge is 0.342 e. The Kier molecular flexibility index (Phi) is 7.75. The van der Waals surface area contributed by atoms with E-state index < -0.39 is 0 Å². The van der Waals surface area contributed by atoms with Gasteiger partial charge in [-0.05, 0) is 41.8 Å². The van der Waals surface area contributed by atoms with Crippen molar-refractivity contribution in [1.82, 2.24) is 19.7 Å². The number of nitrogens with zero attached hydrogens (tertiary/aromatic N) is 4. The Hall–Kier alpha value is -3.45. The summed E-state index contributed by atoms with van der Waals surface area (Å²) in [5.41, 5.74) is 3.15. The first-order chi connectivity index (χ1) is 16.6. The minimum atomic E-state index is -0.329. The molecule has 0 N–H and O–H groups in total. The van der Waals surface area contributed by atoms with Crippen molar-refractivity contribution >= 4 is 17.7 Å². The van der Waals surface area contributed by atoms with E-state index in [1.165, 1.54) is 17.8 Å². The smallest absolute Gasteiger partial charge is 0.253 e. The Morgan fingerprint density at radius 3 is 2.47 bits per heavy atom. The van der Waals surface area contributed by atoms with Crippen LogP contribution in [0.1, 0.15) is 40.7 Å². The van der Waals surface area contributed by atoms with Crippen LogP contribution in [-0.4, -0.2) is 39.2 Å². The van der Waals surface area contributed by atoms with Crippen LogP contribution in [0.15, 0.2) is 84.0 Å². The van der Waals surface area contributed by atoms with E-state index in [4.69, 9.17) is 0 Å². The van der Waals surface area contributed by atoms with Crippen LogP contribution in [0.5, 0.6) is 0 Å². The van der Waals surface area contributed by atoms with Gasteiger partial charge in [-0.2, -0.15) is 0 Å². The van der Waals surface area contributed by atoms with E-state index in [1.807, 2.05) is 61.6 Å². The number of halogens is 1. The fourth-order valence-corrected chi connectivity index (χ4v) is 4.67. The molecule has 0 spiro atoms. The van der Waals surface area contributed by atoms with E-state index in [-0.39, 0.29) is 11.7 Å². The van der Waals surface area contributed by atoms with Gasteiger partial charge in [-0.3, -0.25) is 9.36 Å². The standard InChI is InChI=1S/C27H27FN4OS/c1-3-16-31(2)26(33)22-13-9-12-21(17-22)19-34-27-30-29-25(18-20-10-5-4-6-11-20)32(27)24-15-8-7-14-23(24)28/h4-15,17H,3,16,18-19H2,1-2H3. The molecule has 0 unspecified atom stereocenters. The zero-order valence-corrected chi connectivity index (χ0v) is 20.1. The first kappa shape index (κ1) is 23.7. The lowest BCUT2D eigenvalue weighted by atomic mass is 10.1. The number of thioether (sulfide) groups is 1. The van der Waals surface area contributed by atoms with Crippen LogP contribution in [0.4, 0.5) is 4.39 Å². The lowest BCUT2D eigenvalue weighted by molar-refractivity contribution is 0.0795. The van der Waals surface area contributed by atoms with Crippen molar-refractivity contribution in [3.63, 3.8) is 0 Å². The van der Waals surface area contributed by atoms with Crippen molar-refractivity contribution in [2.45, 2.75) is 30.7 Å². The predicted molar refractivity (Wildman–Crippen MR) is 134 cm³/mol. The summed E-state index contributed by atoms with van der Waals surface area (Å²) in [5, 5.41) is 9.39. The van der Waals surface area contributed by atoms with Gasteiger partial charge >= 0.3 is 0 Å². The molecule has 0 saturated carbocycles. The summed E-state index contributed by atoms with van der Waals surface area (Å²) in [6.07, 6.45) is 1.45. The maximum Gasteiger partial charge on any atom is 0.253 e. The third-order valence-electron chi connectivity index (χ3n) is 5.45. The molecular weight excluding hydrogens is 447 g/mol. The Labute approximate surface area is 203 Å². The van der Waals surface area contributed by atoms with Gasteiger partial charge in [0.15, 0.2) is 5.16 Å². The quantitative estimate of drug-likeness (QED) is 0.289. The molecule has 1 amide bonds. The average Bonchev–Trinajstić information content (AvgIpc) is 3.25. The van der Waals surface area contributed by atoms with Crippen molar-refractivity contribution in [2.75, 3.05) is 13.6 Å². The summed E-state index contributed by atoms with van der Waals surface area (Å²) >= 11 is 1.47. The number of carbonyl (C=O) groups is 1. The number of rotatable bonds is 9. The zero-order chi connectivity index (χ0) is 23.9. The van der Waals surface area contributed by atoms with Gasteiger partial charge in [-0.15, -0.1) is 10.2 Å². The average molecular weight is 475 g/mol. The van der Waals surface area contributed by atoms with Crippen molar-refractivity contribution in [3.8, 4) is 5.69 Å². The molecule has 0 radical (unpaired) electrons. The predicted octanol–water partition coefficient (Wildman–Crippen LogP) is 5.77. The van der Waals surface area contributed by atoms with Crippen LogP contribution < -0.4 is 0 Å². The van der Waals surface area contributed by atoms with Crippen LogP contribution in [0, 0.1) is 5.82 Å². The Morgan fingerprint density at radius 2 is 1.71 bits per heavy atom. The molecule has 5 nitrogen and oxygen atoms in total. The highest BCUT2D eigenvalue weighted by atomic mass is 32.2. The lowest BCUT2D eigenvalue weighted by Crippen LogP contribution is -2.27. The molecule has 3 aromatic carbocycles. The van der Waals surface area contributed by atoms with Crippen LogP contribution in [0.25, 0.3) is 5.69 Å². The summed E-state index contributed by atoms with van der Waals surface area (Å²) in [5.74, 6) is 0.929. The summed E-state index contributed by atoms with van der Waals surface area (Å²) in [6, 6.07) is 24.2. The second-order valence-electron chi connectivity index (χ2n) is 8.06. The molecule has 1 heterocycles. The van der Waals surface area contributed by atoms with E-state index in [0.29, 0.717) is 41.0 Å². The number of para-hydroxylation sites is 1. The Bertz CT molecular complexity index is 1260. The van der Waals surface area contributed by atoms with Gasteiger partial charge in [0, 0.05) is 31.3 Å². The SMILES string of the molecule is CCCN(C)C(=O)c1cccc(CSc2nnc(Cc3ccccc3)n2-c2ccccc2F)c1. The van der Waals surface area contributed by atoms with Gasteiger partial charge < -0.3 is 4.90 Å². The number of amides is 1. The molecule has 1 aromatic heterocycles. The fraction of sp³-hybridized carbons (Fsp3) is 0.222. The van der Waals surface area contributed by atoms with Crippen LogP contribution in [-0.2, 0) is 12.2 Å². The van der Waals surface area contributed by atoms with Gasteiger partial charge in [-0.1, -0.05) is 73.3 Å². The number of hydrogen-bond acceptors (Lipinski definition) is 4. The van der Waals surface area contributed by atoms with E-state index in [9.17, 15) is 9.18 Å². The molecule has 0 aliphatic carbocycles. The van der Waals surface area contributed by atoms with E-state index in [0.717, 1.165) is 17.5 Å². The number of aromatic nitrogens is 3. The second kappa shape index (κ2) is 11.1. The highest BCUT2D eigenvalue weighted by Gasteiger charge is 2.18. The molecule has 4 aromatic rings. The first-order valence-corrected chi connectivity index (χ1v) is 12.3. The minimum Gasteiger partial charge on any atom is -0.342 e. The maximum atomic E-state index is 14.8. The molecule has 174 valence electrons. The molecule has 0 saturated heterocycles.